The van der Waals surface area contributed by atoms with Gasteiger partial charge in [0.2, 0.25) is 12.6 Å². The predicted molar refractivity (Wildman–Crippen MR) is 123 cm³/mol. The lowest BCUT2D eigenvalue weighted by atomic mass is 9.98. The number of hydrogen-bond acceptors (Lipinski definition) is 5. The first kappa shape index (κ1) is 19.9. The monoisotopic (exact) mass is 459 g/mol. The second-order valence-electron chi connectivity index (χ2n) is 8.25. The van der Waals surface area contributed by atoms with Crippen molar-refractivity contribution >= 4 is 28.5 Å². The number of rotatable bonds is 3. The van der Waals surface area contributed by atoms with E-state index in [-0.39, 0.29) is 30.4 Å². The van der Waals surface area contributed by atoms with Crippen LogP contribution in [0.15, 0.2) is 69.9 Å². The molecule has 0 fully saturated rings. The van der Waals surface area contributed by atoms with E-state index in [1.165, 1.54) is 0 Å². The van der Waals surface area contributed by atoms with E-state index in [0.29, 0.717) is 33.1 Å². The normalized spacial score (nSPS) is 16.5. The zero-order valence-electron chi connectivity index (χ0n) is 17.6. The number of carbonyl (C=O) groups excluding carboxylic acids is 1. The highest BCUT2D eigenvalue weighted by Gasteiger charge is 2.42. The topological polar surface area (TPSA) is 69.0 Å². The molecule has 0 aliphatic carbocycles. The average Bonchev–Trinajstić information content (AvgIpc) is 3.38. The Morgan fingerprint density at radius 3 is 2.58 bits per heavy atom. The van der Waals surface area contributed by atoms with Gasteiger partial charge in [-0.25, -0.2) is 0 Å². The van der Waals surface area contributed by atoms with E-state index in [1.54, 1.807) is 29.2 Å². The summed E-state index contributed by atoms with van der Waals surface area (Å²) < 4.78 is 16.9. The molecule has 0 radical (unpaired) electrons. The van der Waals surface area contributed by atoms with E-state index in [1.807, 2.05) is 43.3 Å². The molecule has 1 aromatic heterocycles. The molecule has 2 aliphatic rings. The zero-order chi connectivity index (χ0) is 22.7. The SMILES string of the molecule is Cc1ccc2oc3c(c(=O)c2c1)C(c1ccc(Cl)cc1)N(Cc1ccc2c(c1)OCO2)C3=O. The minimum Gasteiger partial charge on any atom is -0.454 e. The van der Waals surface area contributed by atoms with Crippen LogP contribution in [0, 0.1) is 6.92 Å². The molecule has 3 heterocycles. The lowest BCUT2D eigenvalue weighted by molar-refractivity contribution is 0.0714. The fraction of sp³-hybridized carbons (Fsp3) is 0.154. The second-order valence-corrected chi connectivity index (χ2v) is 8.68. The molecule has 3 aromatic carbocycles. The first-order chi connectivity index (χ1) is 16.0. The van der Waals surface area contributed by atoms with E-state index in [2.05, 4.69) is 0 Å². The van der Waals surface area contributed by atoms with Crippen molar-refractivity contribution in [3.63, 3.8) is 0 Å². The smallest absolute Gasteiger partial charge is 0.291 e. The molecule has 6 rings (SSSR count). The maximum atomic E-state index is 13.6. The largest absolute Gasteiger partial charge is 0.454 e. The fourth-order valence-corrected chi connectivity index (χ4v) is 4.65. The number of halogens is 1. The van der Waals surface area contributed by atoms with Gasteiger partial charge in [0.15, 0.2) is 16.9 Å². The van der Waals surface area contributed by atoms with E-state index in [0.717, 1.165) is 16.7 Å². The third-order valence-corrected chi connectivity index (χ3v) is 6.35. The van der Waals surface area contributed by atoms with Crippen molar-refractivity contribution < 1.29 is 18.7 Å². The number of amides is 1. The first-order valence-electron chi connectivity index (χ1n) is 10.5. The van der Waals surface area contributed by atoms with Gasteiger partial charge in [-0.15, -0.1) is 0 Å². The molecule has 4 aromatic rings. The molecule has 1 unspecified atom stereocenters. The molecule has 6 nitrogen and oxygen atoms in total. The van der Waals surface area contributed by atoms with E-state index in [4.69, 9.17) is 25.5 Å². The summed E-state index contributed by atoms with van der Waals surface area (Å²) in [7, 11) is 0. The summed E-state index contributed by atoms with van der Waals surface area (Å²) in [6.07, 6.45) is 0. The maximum Gasteiger partial charge on any atom is 0.291 e. The highest BCUT2D eigenvalue weighted by Crippen LogP contribution is 2.40. The van der Waals surface area contributed by atoms with Crippen LogP contribution >= 0.6 is 11.6 Å². The van der Waals surface area contributed by atoms with E-state index >= 15 is 0 Å². The lowest BCUT2D eigenvalue weighted by Crippen LogP contribution is -2.29. The summed E-state index contributed by atoms with van der Waals surface area (Å²) >= 11 is 6.11. The Bertz CT molecular complexity index is 1490. The minimum absolute atomic E-state index is 0.0806. The van der Waals surface area contributed by atoms with Crippen LogP contribution in [0.3, 0.4) is 0 Å². The quantitative estimate of drug-likeness (QED) is 0.419. The van der Waals surface area contributed by atoms with Gasteiger partial charge in [0.25, 0.3) is 5.91 Å². The van der Waals surface area contributed by atoms with Crippen LogP contribution in [0.2, 0.25) is 5.02 Å². The van der Waals surface area contributed by atoms with Gasteiger partial charge in [-0.05, 0) is 54.4 Å². The molecule has 0 saturated carbocycles. The van der Waals surface area contributed by atoms with E-state index < -0.39 is 6.04 Å². The molecule has 7 heteroatoms. The van der Waals surface area contributed by atoms with Gasteiger partial charge in [0, 0.05) is 11.6 Å². The Morgan fingerprint density at radius 2 is 1.76 bits per heavy atom. The third-order valence-electron chi connectivity index (χ3n) is 6.10. The van der Waals surface area contributed by atoms with Crippen LogP contribution in [0.1, 0.15) is 38.9 Å². The molecule has 1 amide bonds. The molecular formula is C26H18ClNO5. The van der Waals surface area contributed by atoms with Crippen LogP contribution in [-0.2, 0) is 6.54 Å². The van der Waals surface area contributed by atoms with Crippen molar-refractivity contribution in [1.82, 2.24) is 4.90 Å². The Labute approximate surface area is 193 Å². The van der Waals surface area contributed by atoms with Crippen molar-refractivity contribution in [2.75, 3.05) is 6.79 Å². The standard InChI is InChI=1S/C26H18ClNO5/c1-14-2-8-19-18(10-14)24(29)22-23(16-4-6-17(27)7-5-16)28(26(30)25(22)33-19)12-15-3-9-20-21(11-15)32-13-31-20/h2-11,23H,12-13H2,1H3. The maximum absolute atomic E-state index is 13.6. The summed E-state index contributed by atoms with van der Waals surface area (Å²) in [5.74, 6) is 1.05. The van der Waals surface area contributed by atoms with Crippen LogP contribution in [0.4, 0.5) is 0 Å². The number of benzene rings is 3. The Balaban J connectivity index is 1.52. The number of carbonyl (C=O) groups is 1. The zero-order valence-corrected chi connectivity index (χ0v) is 18.4. The molecule has 164 valence electrons. The predicted octanol–water partition coefficient (Wildman–Crippen LogP) is 5.23. The van der Waals surface area contributed by atoms with Crippen molar-refractivity contribution in [1.29, 1.82) is 0 Å². The minimum atomic E-state index is -0.601. The number of hydrogen-bond donors (Lipinski definition) is 0. The first-order valence-corrected chi connectivity index (χ1v) is 10.9. The third kappa shape index (κ3) is 3.17. The van der Waals surface area contributed by atoms with Gasteiger partial charge >= 0.3 is 0 Å². The van der Waals surface area contributed by atoms with Gasteiger partial charge < -0.3 is 18.8 Å². The average molecular weight is 460 g/mol. The van der Waals surface area contributed by atoms with E-state index in [9.17, 15) is 9.59 Å². The number of ether oxygens (including phenoxy) is 2. The fourth-order valence-electron chi connectivity index (χ4n) is 4.52. The van der Waals surface area contributed by atoms with Crippen LogP contribution in [-0.4, -0.2) is 17.6 Å². The second kappa shape index (κ2) is 7.39. The highest BCUT2D eigenvalue weighted by molar-refractivity contribution is 6.30. The van der Waals surface area contributed by atoms with Gasteiger partial charge in [0.1, 0.15) is 5.58 Å². The highest BCUT2D eigenvalue weighted by atomic mass is 35.5. The molecule has 0 bridgehead atoms. The molecule has 2 aliphatic heterocycles. The van der Waals surface area contributed by atoms with Crippen LogP contribution < -0.4 is 14.9 Å². The van der Waals surface area contributed by atoms with Gasteiger partial charge in [-0.2, -0.15) is 0 Å². The molecule has 0 N–H and O–H groups in total. The summed E-state index contributed by atoms with van der Waals surface area (Å²) in [5.41, 5.74) is 3.13. The number of aryl methyl sites for hydroxylation is 1. The summed E-state index contributed by atoms with van der Waals surface area (Å²) in [5, 5.41) is 1.04. The Morgan fingerprint density at radius 1 is 0.970 bits per heavy atom. The van der Waals surface area contributed by atoms with Gasteiger partial charge in [-0.1, -0.05) is 41.4 Å². The molecule has 0 spiro atoms. The van der Waals surface area contributed by atoms with Crippen molar-refractivity contribution in [2.45, 2.75) is 19.5 Å². The Hall–Kier alpha value is -3.77. The summed E-state index contributed by atoms with van der Waals surface area (Å²) in [4.78, 5) is 28.8. The van der Waals surface area contributed by atoms with Gasteiger partial charge in [0.05, 0.1) is 17.0 Å². The molecular weight excluding hydrogens is 442 g/mol. The molecule has 1 atom stereocenters. The van der Waals surface area contributed by atoms with Crippen LogP contribution in [0.5, 0.6) is 11.5 Å². The summed E-state index contributed by atoms with van der Waals surface area (Å²) in [6.45, 7) is 2.35. The van der Waals surface area contributed by atoms with Crippen molar-refractivity contribution in [3.05, 3.63) is 104 Å². The number of fused-ring (bicyclic) bond motifs is 3. The van der Waals surface area contributed by atoms with Crippen molar-refractivity contribution in [3.8, 4) is 11.5 Å². The lowest BCUT2D eigenvalue weighted by Gasteiger charge is -2.25. The Kier molecular flexibility index (Phi) is 4.45. The molecule has 33 heavy (non-hydrogen) atoms. The summed E-state index contributed by atoms with van der Waals surface area (Å²) in [6, 6.07) is 17.5. The van der Waals surface area contributed by atoms with Crippen LogP contribution in [0.25, 0.3) is 11.0 Å². The molecule has 0 saturated heterocycles. The van der Waals surface area contributed by atoms with Gasteiger partial charge in [-0.3, -0.25) is 9.59 Å². The van der Waals surface area contributed by atoms with Crippen molar-refractivity contribution in [2.24, 2.45) is 0 Å². The number of nitrogens with zero attached hydrogens (tertiary/aromatic N) is 1.